The second-order valence-corrected chi connectivity index (χ2v) is 32.6. The van der Waals surface area contributed by atoms with Crippen LogP contribution in [0.4, 0.5) is 0 Å². The van der Waals surface area contributed by atoms with Crippen molar-refractivity contribution in [3.05, 3.63) is 83.4 Å². The number of carboxylic acids is 4. The van der Waals surface area contributed by atoms with Crippen molar-refractivity contribution in [1.29, 1.82) is 0 Å². The van der Waals surface area contributed by atoms with Gasteiger partial charge < -0.3 is 73.2 Å². The highest BCUT2D eigenvalue weighted by Gasteiger charge is 2.47. The quantitative estimate of drug-likeness (QED) is 0.0492. The minimum Gasteiger partial charge on any atom is -0.481 e. The first-order valence-corrected chi connectivity index (χ1v) is 41.1. The van der Waals surface area contributed by atoms with Crippen LogP contribution in [-0.2, 0) is 85.1 Å². The Bertz CT molecular complexity index is 3750. The van der Waals surface area contributed by atoms with Crippen molar-refractivity contribution in [2.24, 2.45) is 23.5 Å². The van der Waals surface area contributed by atoms with Crippen LogP contribution in [0.5, 0.6) is 0 Å². The first kappa shape index (κ1) is 90.2. The van der Waals surface area contributed by atoms with Crippen LogP contribution in [0.3, 0.4) is 0 Å². The Kier molecular flexibility index (Phi) is 35.8. The van der Waals surface area contributed by atoms with E-state index in [1.165, 1.54) is 33.3 Å². The number of nitrogens with two attached hydrogens (primary N) is 1. The van der Waals surface area contributed by atoms with Gasteiger partial charge in [0.05, 0.1) is 26.2 Å². The van der Waals surface area contributed by atoms with Crippen LogP contribution in [0.25, 0.3) is 10.8 Å². The maximum absolute atomic E-state index is 15.7. The summed E-state index contributed by atoms with van der Waals surface area (Å²) in [4.78, 5) is 205. The Hall–Kier alpha value is -8.96. The van der Waals surface area contributed by atoms with Gasteiger partial charge in [0.1, 0.15) is 47.8 Å². The third-order valence-corrected chi connectivity index (χ3v) is 23.2. The van der Waals surface area contributed by atoms with E-state index >= 15 is 14.4 Å². The van der Waals surface area contributed by atoms with Gasteiger partial charge in [0, 0.05) is 108 Å². The molecule has 112 heavy (non-hydrogen) atoms. The minimum atomic E-state index is -1.96. The number of thioether (sulfide) groups is 2. The lowest BCUT2D eigenvalue weighted by Crippen LogP contribution is -2.68. The predicted octanol–water partition coefficient (Wildman–Crippen LogP) is 1.68. The molecule has 3 fully saturated rings. The number of likely N-dealkylation sites (tertiary alicyclic amines) is 2. The number of carbonyl (C=O) groups excluding carboxylic acids is 10. The summed E-state index contributed by atoms with van der Waals surface area (Å²) in [5.74, 6) is -12.1. The molecule has 8 atom stereocenters. The number of aryl methyl sites for hydroxylation is 1. The Morgan fingerprint density at radius 2 is 1.14 bits per heavy atom. The number of aliphatic carboxylic acids is 4. The molecule has 616 valence electrons. The average Bonchev–Trinajstić information content (AvgIpc) is 0.878. The Balaban J connectivity index is 1.21. The summed E-state index contributed by atoms with van der Waals surface area (Å²) < 4.78 is 0. The second-order valence-electron chi connectivity index (χ2n) is 30.5. The van der Waals surface area contributed by atoms with E-state index in [1.807, 2.05) is 101 Å². The zero-order chi connectivity index (χ0) is 81.8. The number of primary amides is 1. The van der Waals surface area contributed by atoms with E-state index in [0.717, 1.165) is 27.5 Å². The van der Waals surface area contributed by atoms with Gasteiger partial charge in [0.15, 0.2) is 0 Å². The Morgan fingerprint density at radius 3 is 1.71 bits per heavy atom. The lowest BCUT2D eigenvalue weighted by Gasteiger charge is -2.43. The van der Waals surface area contributed by atoms with Gasteiger partial charge in [-0.1, -0.05) is 115 Å². The summed E-state index contributed by atoms with van der Waals surface area (Å²) in [5, 5.41) is 61.3. The average molecular weight is 1600 g/mol. The number of piperidine rings is 1. The van der Waals surface area contributed by atoms with E-state index in [4.69, 9.17) is 5.73 Å². The number of fused-ring (bicyclic) bond motifs is 3. The van der Waals surface area contributed by atoms with Crippen LogP contribution in [-0.4, -0.2) is 290 Å². The molecule has 4 aliphatic heterocycles. The summed E-state index contributed by atoms with van der Waals surface area (Å²) in [6.07, 6.45) is 0.441. The van der Waals surface area contributed by atoms with Crippen molar-refractivity contribution in [2.75, 3.05) is 110 Å². The molecule has 0 radical (unpaired) electrons. The van der Waals surface area contributed by atoms with Gasteiger partial charge in [0.2, 0.25) is 59.1 Å². The first-order valence-electron chi connectivity index (χ1n) is 38.8. The smallest absolute Gasteiger partial charge is 0.317 e. The molecule has 0 unspecified atom stereocenters. The molecule has 0 aromatic heterocycles. The number of rotatable bonds is 28. The van der Waals surface area contributed by atoms with E-state index in [2.05, 4.69) is 37.2 Å². The van der Waals surface area contributed by atoms with Gasteiger partial charge in [-0.05, 0) is 103 Å². The molecule has 0 aliphatic carbocycles. The summed E-state index contributed by atoms with van der Waals surface area (Å²) in [5.41, 5.74) is 6.51. The van der Waals surface area contributed by atoms with E-state index in [1.54, 1.807) is 26.5 Å². The highest BCUT2D eigenvalue weighted by atomic mass is 32.2. The normalized spacial score (nSPS) is 21.7. The van der Waals surface area contributed by atoms with Crippen LogP contribution in [0.2, 0.25) is 0 Å². The van der Waals surface area contributed by atoms with Gasteiger partial charge in [-0.15, -0.1) is 0 Å². The summed E-state index contributed by atoms with van der Waals surface area (Å²) in [6.45, 7) is 10.5. The molecule has 7 rings (SSSR count). The minimum absolute atomic E-state index is 0.01000. The highest BCUT2D eigenvalue weighted by Crippen LogP contribution is 2.28. The third kappa shape index (κ3) is 28.6. The molecule has 4 heterocycles. The fourth-order valence-electron chi connectivity index (χ4n) is 14.3. The monoisotopic (exact) mass is 1600 g/mol. The number of carbonyl (C=O) groups is 14. The highest BCUT2D eigenvalue weighted by molar-refractivity contribution is 7.98. The maximum atomic E-state index is 15.7. The molecule has 13 N–H and O–H groups in total. The zero-order valence-electron chi connectivity index (χ0n) is 65.1. The van der Waals surface area contributed by atoms with Gasteiger partial charge in [-0.2, -0.15) is 23.5 Å². The van der Waals surface area contributed by atoms with Crippen molar-refractivity contribution >= 4 is 117 Å². The van der Waals surface area contributed by atoms with E-state index in [0.29, 0.717) is 31.4 Å². The SMILES string of the molecule is CC[C@H](C)[C@@H]1NC(=O)[C@H](CC(C)C)NC(=O)C2(CCN(C(=O)CN3CCN(CC(=O)O)CCN(CC(=O)O)CCN(CC(=O)O)CC3)CC2)NC(=O)[C@@H](NC(=O)[C@H](CCC(C)C)NC(=O)[C@H](CCC(=O)O)NC(=O)[C@@H]2CCCN2C(=O)CCc2cccc3ccccc23)CSCc2cccc(c2)CSC[C@@H](C(N)=O)NC1=O. The molecule has 1 spiro atoms. The summed E-state index contributed by atoms with van der Waals surface area (Å²) in [6, 6.07) is 12.0. The molecule has 3 aromatic carbocycles. The topological polar surface area (TPSA) is 450 Å². The fourth-order valence-corrected chi connectivity index (χ4v) is 16.3. The van der Waals surface area contributed by atoms with Gasteiger partial charge in [-0.25, -0.2) is 0 Å². The molecule has 10 amide bonds. The molecule has 3 saturated heterocycles. The molecule has 34 heteroatoms. The first-order chi connectivity index (χ1) is 53.3. The van der Waals surface area contributed by atoms with Crippen molar-refractivity contribution < 1.29 is 87.5 Å². The second kappa shape index (κ2) is 44.5. The molecule has 2 bridgehead atoms. The van der Waals surface area contributed by atoms with Crippen molar-refractivity contribution in [2.45, 2.75) is 178 Å². The van der Waals surface area contributed by atoms with Gasteiger partial charge >= 0.3 is 23.9 Å². The van der Waals surface area contributed by atoms with Crippen LogP contribution in [0.15, 0.2) is 66.7 Å². The molecule has 4 aliphatic rings. The lowest BCUT2D eigenvalue weighted by atomic mass is 9.85. The van der Waals surface area contributed by atoms with E-state index < -0.39 is 157 Å². The van der Waals surface area contributed by atoms with Gasteiger partial charge in [-0.3, -0.25) is 86.7 Å². The number of nitrogens with one attached hydrogen (secondary N) is 7. The fraction of sp³-hybridized carbons (Fsp3) is 0.615. The zero-order valence-corrected chi connectivity index (χ0v) is 66.8. The number of hydrogen-bond donors (Lipinski definition) is 12. The number of carboxylic acid groups (broad SMARTS) is 4. The number of nitrogens with zero attached hydrogens (tertiary/aromatic N) is 6. The molecular formula is C78H114N14O18S2. The van der Waals surface area contributed by atoms with Crippen molar-refractivity contribution in [3.8, 4) is 0 Å². The number of benzene rings is 3. The molecule has 3 aromatic rings. The number of hydrogen-bond acceptors (Lipinski definition) is 20. The van der Waals surface area contributed by atoms with Crippen LogP contribution in [0, 0.1) is 17.8 Å². The van der Waals surface area contributed by atoms with Crippen LogP contribution < -0.4 is 43.0 Å². The van der Waals surface area contributed by atoms with Gasteiger partial charge in [0.25, 0.3) is 0 Å². The molecule has 0 saturated carbocycles. The van der Waals surface area contributed by atoms with Crippen LogP contribution in [0.1, 0.15) is 129 Å². The third-order valence-electron chi connectivity index (χ3n) is 21.0. The van der Waals surface area contributed by atoms with E-state index in [-0.39, 0.29) is 159 Å². The lowest BCUT2D eigenvalue weighted by molar-refractivity contribution is -0.143. The van der Waals surface area contributed by atoms with Crippen molar-refractivity contribution in [1.82, 2.24) is 66.6 Å². The molecule has 32 nitrogen and oxygen atoms in total. The number of amides is 10. The predicted molar refractivity (Wildman–Crippen MR) is 422 cm³/mol. The summed E-state index contributed by atoms with van der Waals surface area (Å²) >= 11 is 2.58. The standard InChI is InChI=1S/C78H114N14O18S2/c1-7-51(6)69-76(109)82-60(70(79)103)47-111-45-52-13-10-14-53(40-52)46-112-48-61(83-72(105)57(22-20-49(2)3)80-71(104)58(23-25-65(95)96)81-75(108)62-19-12-28-92(62)63(93)24-21-55-17-11-16-54-15-8-9-18-56(54)55)74(107)86-78(77(110)84-59(39-50(4)5)73(106)85-69)26-29-91(30-27-78)64(94)41-87-31-33-88(42-66(97)98)35-37-90(44-68(101)102)38-36-89(34-32-87)43-67(99)100/h8-11,13-18,40,49-51,57-62,69H,7,12,19-39,41-48H2,1-6H3,(H2,79,103)(H,80,104)(H,81,108)(H,82,109)(H,83,105)(H,84,110)(H,85,106)(H,86,107)(H,95,96)(H,97,98)(H,99,100)(H,101,102)/t51-,57-,58-,59-,60-,61-,62-,69-/m0/s1. The Morgan fingerprint density at radius 1 is 0.580 bits per heavy atom. The largest absolute Gasteiger partial charge is 0.481 e. The Labute approximate surface area is 662 Å². The van der Waals surface area contributed by atoms with Crippen molar-refractivity contribution in [3.63, 3.8) is 0 Å². The van der Waals surface area contributed by atoms with E-state index in [9.17, 15) is 73.2 Å². The molecular weight excluding hydrogens is 1490 g/mol. The maximum Gasteiger partial charge on any atom is 0.317 e. The van der Waals surface area contributed by atoms with Crippen LogP contribution >= 0.6 is 23.5 Å². The summed E-state index contributed by atoms with van der Waals surface area (Å²) in [7, 11) is 0.